The number of carbonyl (C=O) groups is 1. The van der Waals surface area contributed by atoms with E-state index < -0.39 is 0 Å². The predicted octanol–water partition coefficient (Wildman–Crippen LogP) is 5.12. The lowest BCUT2D eigenvalue weighted by atomic mass is 10.0. The van der Waals surface area contributed by atoms with Crippen LogP contribution in [0.1, 0.15) is 54.6 Å². The Hall–Kier alpha value is -2.16. The lowest BCUT2D eigenvalue weighted by molar-refractivity contribution is 0.0988. The van der Waals surface area contributed by atoms with Crippen LogP contribution in [0.25, 0.3) is 0 Å². The molecule has 0 aromatic heterocycles. The van der Waals surface area contributed by atoms with E-state index in [1.165, 1.54) is 12.1 Å². The molecule has 0 aliphatic heterocycles. The highest BCUT2D eigenvalue weighted by Gasteiger charge is 2.10. The Morgan fingerprint density at radius 1 is 1.14 bits per heavy atom. The minimum Gasteiger partial charge on any atom is -0.489 e. The Bertz CT molecular complexity index is 645. The average Bonchev–Trinajstić information content (AvgIpc) is 2.53. The Morgan fingerprint density at radius 3 is 2.41 bits per heavy atom. The van der Waals surface area contributed by atoms with Crippen LogP contribution in [0.4, 0.5) is 4.39 Å². The van der Waals surface area contributed by atoms with Gasteiger partial charge in [0.25, 0.3) is 0 Å². The van der Waals surface area contributed by atoms with Crippen LogP contribution in [0.3, 0.4) is 0 Å². The molecular weight excluding hydrogens is 279 g/mol. The monoisotopic (exact) mass is 300 g/mol. The molecule has 2 aromatic carbocycles. The molecule has 2 aromatic rings. The number of benzene rings is 2. The maximum atomic E-state index is 13.3. The largest absolute Gasteiger partial charge is 0.489 e. The number of hydrogen-bond acceptors (Lipinski definition) is 2. The number of carbonyl (C=O) groups excluding carboxylic acids is 1. The predicted molar refractivity (Wildman–Crippen MR) is 85.9 cm³/mol. The Balaban J connectivity index is 2.08. The molecule has 22 heavy (non-hydrogen) atoms. The molecule has 0 heterocycles. The second-order valence-corrected chi connectivity index (χ2v) is 5.60. The van der Waals surface area contributed by atoms with Crippen molar-refractivity contribution in [3.05, 3.63) is 65.0 Å². The zero-order valence-corrected chi connectivity index (χ0v) is 13.2. The molecule has 0 aliphatic rings. The summed E-state index contributed by atoms with van der Waals surface area (Å²) in [5.74, 6) is 0.770. The molecule has 0 saturated heterocycles. The first kappa shape index (κ1) is 16.2. The molecule has 0 aliphatic carbocycles. The summed E-state index contributed by atoms with van der Waals surface area (Å²) in [4.78, 5) is 11.6. The molecule has 0 radical (unpaired) electrons. The van der Waals surface area contributed by atoms with Gasteiger partial charge in [-0.1, -0.05) is 45.0 Å². The van der Waals surface area contributed by atoms with E-state index in [-0.39, 0.29) is 17.5 Å². The molecular formula is C19H21FO2. The number of ether oxygens (including phenoxy) is 1. The van der Waals surface area contributed by atoms with Crippen LogP contribution >= 0.6 is 0 Å². The number of Topliss-reactive ketones (excluding diaryl/α,β-unsaturated/α-hetero) is 1. The van der Waals surface area contributed by atoms with E-state index >= 15 is 0 Å². The van der Waals surface area contributed by atoms with Crippen molar-refractivity contribution in [2.24, 2.45) is 0 Å². The fraction of sp³-hybridized carbons (Fsp3) is 0.316. The van der Waals surface area contributed by atoms with Gasteiger partial charge >= 0.3 is 0 Å². The smallest absolute Gasteiger partial charge is 0.162 e. The fourth-order valence-electron chi connectivity index (χ4n) is 2.25. The van der Waals surface area contributed by atoms with E-state index in [2.05, 4.69) is 0 Å². The van der Waals surface area contributed by atoms with Gasteiger partial charge in [-0.25, -0.2) is 4.39 Å². The van der Waals surface area contributed by atoms with Crippen LogP contribution in [0.5, 0.6) is 5.75 Å². The summed E-state index contributed by atoms with van der Waals surface area (Å²) in [6.45, 7) is 6.26. The van der Waals surface area contributed by atoms with Crippen molar-refractivity contribution in [3.63, 3.8) is 0 Å². The summed E-state index contributed by atoms with van der Waals surface area (Å²) >= 11 is 0. The third-order valence-corrected chi connectivity index (χ3v) is 3.59. The normalized spacial score (nSPS) is 10.8. The number of rotatable bonds is 6. The molecule has 0 unspecified atom stereocenters. The maximum Gasteiger partial charge on any atom is 0.162 e. The van der Waals surface area contributed by atoms with Crippen molar-refractivity contribution in [2.45, 2.75) is 39.7 Å². The van der Waals surface area contributed by atoms with Gasteiger partial charge in [0.2, 0.25) is 0 Å². The van der Waals surface area contributed by atoms with Gasteiger partial charge in [0.1, 0.15) is 18.2 Å². The molecule has 0 amide bonds. The molecule has 0 spiro atoms. The summed E-state index contributed by atoms with van der Waals surface area (Å²) in [6, 6.07) is 12.0. The lowest BCUT2D eigenvalue weighted by Crippen LogP contribution is -2.01. The first-order valence-corrected chi connectivity index (χ1v) is 7.55. The molecule has 2 rings (SSSR count). The second kappa shape index (κ2) is 7.21. The molecule has 0 saturated carbocycles. The van der Waals surface area contributed by atoms with Gasteiger partial charge in [-0.3, -0.25) is 4.79 Å². The zero-order chi connectivity index (χ0) is 16.1. The van der Waals surface area contributed by atoms with Gasteiger partial charge in [-0.05, 0) is 35.2 Å². The molecule has 0 bridgehead atoms. The van der Waals surface area contributed by atoms with E-state index in [1.54, 1.807) is 6.07 Å². The highest BCUT2D eigenvalue weighted by molar-refractivity contribution is 5.95. The highest BCUT2D eigenvalue weighted by Crippen LogP contribution is 2.27. The SMILES string of the molecule is CCC(=O)c1ccc(COc2ccc(F)cc2C(C)C)cc1. The number of hydrogen-bond donors (Lipinski definition) is 0. The second-order valence-electron chi connectivity index (χ2n) is 5.60. The van der Waals surface area contributed by atoms with Crippen LogP contribution in [0.15, 0.2) is 42.5 Å². The molecule has 3 heteroatoms. The Morgan fingerprint density at radius 2 is 1.82 bits per heavy atom. The summed E-state index contributed by atoms with van der Waals surface area (Å²) in [6.07, 6.45) is 0.503. The van der Waals surface area contributed by atoms with Crippen molar-refractivity contribution in [2.75, 3.05) is 0 Å². The van der Waals surface area contributed by atoms with Crippen LogP contribution in [0.2, 0.25) is 0 Å². The van der Waals surface area contributed by atoms with Crippen LogP contribution in [-0.4, -0.2) is 5.78 Å². The summed E-state index contributed by atoms with van der Waals surface area (Å²) in [7, 11) is 0. The topological polar surface area (TPSA) is 26.3 Å². The maximum absolute atomic E-state index is 13.3. The Labute approximate surface area is 130 Å². The van der Waals surface area contributed by atoms with Gasteiger partial charge < -0.3 is 4.74 Å². The van der Waals surface area contributed by atoms with Gasteiger partial charge in [-0.15, -0.1) is 0 Å². The molecule has 0 N–H and O–H groups in total. The van der Waals surface area contributed by atoms with E-state index in [0.717, 1.165) is 16.7 Å². The summed E-state index contributed by atoms with van der Waals surface area (Å²) in [5.41, 5.74) is 2.56. The zero-order valence-electron chi connectivity index (χ0n) is 13.2. The minimum atomic E-state index is -0.251. The molecule has 116 valence electrons. The minimum absolute atomic E-state index is 0.132. The van der Waals surface area contributed by atoms with E-state index in [4.69, 9.17) is 4.74 Å². The van der Waals surface area contributed by atoms with Crippen LogP contribution in [-0.2, 0) is 6.61 Å². The van der Waals surface area contributed by atoms with Crippen molar-refractivity contribution in [3.8, 4) is 5.75 Å². The number of ketones is 1. The van der Waals surface area contributed by atoms with E-state index in [9.17, 15) is 9.18 Å². The van der Waals surface area contributed by atoms with Crippen LogP contribution in [0, 0.1) is 5.82 Å². The first-order chi connectivity index (χ1) is 10.5. The summed E-state index contributed by atoms with van der Waals surface area (Å²) < 4.78 is 19.2. The highest BCUT2D eigenvalue weighted by atomic mass is 19.1. The van der Waals surface area contributed by atoms with Gasteiger partial charge in [0, 0.05) is 12.0 Å². The third-order valence-electron chi connectivity index (χ3n) is 3.59. The van der Waals surface area contributed by atoms with Crippen molar-refractivity contribution < 1.29 is 13.9 Å². The Kier molecular flexibility index (Phi) is 5.31. The van der Waals surface area contributed by atoms with Crippen molar-refractivity contribution >= 4 is 5.78 Å². The van der Waals surface area contributed by atoms with Crippen LogP contribution < -0.4 is 4.74 Å². The summed E-state index contributed by atoms with van der Waals surface area (Å²) in [5, 5.41) is 0. The quantitative estimate of drug-likeness (QED) is 0.692. The van der Waals surface area contributed by atoms with Gasteiger partial charge in [-0.2, -0.15) is 0 Å². The van der Waals surface area contributed by atoms with Gasteiger partial charge in [0.15, 0.2) is 5.78 Å². The van der Waals surface area contributed by atoms with E-state index in [1.807, 2.05) is 45.0 Å². The average molecular weight is 300 g/mol. The number of halogens is 1. The molecule has 2 nitrogen and oxygen atoms in total. The van der Waals surface area contributed by atoms with Crippen molar-refractivity contribution in [1.29, 1.82) is 0 Å². The molecule has 0 atom stereocenters. The van der Waals surface area contributed by atoms with E-state index in [0.29, 0.717) is 18.8 Å². The lowest BCUT2D eigenvalue weighted by Gasteiger charge is -2.14. The van der Waals surface area contributed by atoms with Gasteiger partial charge in [0.05, 0.1) is 0 Å². The molecule has 0 fully saturated rings. The third kappa shape index (κ3) is 3.94. The first-order valence-electron chi connectivity index (χ1n) is 7.55. The fourth-order valence-corrected chi connectivity index (χ4v) is 2.25. The van der Waals surface area contributed by atoms with Crippen molar-refractivity contribution in [1.82, 2.24) is 0 Å². The standard InChI is InChI=1S/C19H21FO2/c1-4-18(21)15-7-5-14(6-8-15)12-22-19-10-9-16(20)11-17(19)13(2)3/h5-11,13H,4,12H2,1-3H3.